The number of hydrogen-bond donors (Lipinski definition) is 2. The fraction of sp³-hybridized carbons (Fsp3) is 0.750. The van der Waals surface area contributed by atoms with Gasteiger partial charge < -0.3 is 20.2 Å². The molecule has 7 nitrogen and oxygen atoms in total. The Morgan fingerprint density at radius 3 is 2.53 bits per heavy atom. The number of likely N-dealkylation sites (N-methyl/N-ethyl adjacent to an activating group) is 1. The Hall–Kier alpha value is -1.79. The van der Waals surface area contributed by atoms with Gasteiger partial charge in [0, 0.05) is 20.6 Å². The Kier molecular flexibility index (Phi) is 5.59. The Labute approximate surface area is 112 Å². The summed E-state index contributed by atoms with van der Waals surface area (Å²) in [6.45, 7) is 0.299. The number of urea groups is 1. The average molecular weight is 271 g/mol. The van der Waals surface area contributed by atoms with Crippen molar-refractivity contribution >= 4 is 17.9 Å². The van der Waals surface area contributed by atoms with Gasteiger partial charge in [-0.1, -0.05) is 12.8 Å². The number of amides is 3. The van der Waals surface area contributed by atoms with Gasteiger partial charge in [-0.15, -0.1) is 0 Å². The number of aliphatic carboxylic acids is 1. The summed E-state index contributed by atoms with van der Waals surface area (Å²) < 4.78 is 0. The Balaban J connectivity index is 2.61. The maximum atomic E-state index is 12.0. The molecule has 1 aliphatic rings. The van der Waals surface area contributed by atoms with Crippen molar-refractivity contribution in [1.29, 1.82) is 0 Å². The monoisotopic (exact) mass is 271 g/mol. The molecule has 0 aliphatic carbocycles. The molecular weight excluding hydrogens is 250 g/mol. The maximum Gasteiger partial charge on any atom is 0.326 e. The van der Waals surface area contributed by atoms with Gasteiger partial charge in [-0.2, -0.15) is 0 Å². The van der Waals surface area contributed by atoms with Gasteiger partial charge in [0.25, 0.3) is 0 Å². The largest absolute Gasteiger partial charge is 0.480 e. The average Bonchev–Trinajstić information content (AvgIpc) is 2.60. The van der Waals surface area contributed by atoms with E-state index in [0.29, 0.717) is 13.0 Å². The maximum absolute atomic E-state index is 12.0. The van der Waals surface area contributed by atoms with E-state index in [2.05, 4.69) is 5.32 Å². The van der Waals surface area contributed by atoms with Crippen LogP contribution in [0.25, 0.3) is 0 Å². The zero-order chi connectivity index (χ0) is 14.4. The van der Waals surface area contributed by atoms with E-state index in [9.17, 15) is 14.4 Å². The highest BCUT2D eigenvalue weighted by molar-refractivity contribution is 5.86. The molecule has 3 amide bonds. The number of carbonyl (C=O) groups is 3. The van der Waals surface area contributed by atoms with E-state index in [-0.39, 0.29) is 12.5 Å². The molecule has 0 radical (unpaired) electrons. The SMILES string of the molecule is CN(C)C(=O)CNC(=O)N1CCCCCC1C(=O)O. The molecule has 1 aliphatic heterocycles. The second-order valence-corrected chi connectivity index (χ2v) is 4.84. The lowest BCUT2D eigenvalue weighted by Crippen LogP contribution is -2.51. The summed E-state index contributed by atoms with van der Waals surface area (Å²) in [5.74, 6) is -1.22. The molecule has 1 saturated heterocycles. The molecule has 1 rings (SSSR count). The molecule has 0 spiro atoms. The van der Waals surface area contributed by atoms with E-state index in [0.717, 1.165) is 19.3 Å². The third-order valence-electron chi connectivity index (χ3n) is 3.19. The van der Waals surface area contributed by atoms with Crippen molar-refractivity contribution in [3.05, 3.63) is 0 Å². The number of rotatable bonds is 3. The van der Waals surface area contributed by atoms with Crippen LogP contribution in [-0.4, -0.2) is 66.0 Å². The lowest BCUT2D eigenvalue weighted by molar-refractivity contribution is -0.142. The van der Waals surface area contributed by atoms with Crippen molar-refractivity contribution < 1.29 is 19.5 Å². The van der Waals surface area contributed by atoms with Crippen LogP contribution in [0.1, 0.15) is 25.7 Å². The van der Waals surface area contributed by atoms with E-state index in [1.54, 1.807) is 14.1 Å². The van der Waals surface area contributed by atoms with Crippen LogP contribution in [0.4, 0.5) is 4.79 Å². The third kappa shape index (κ3) is 4.42. The molecule has 1 heterocycles. The first-order chi connectivity index (χ1) is 8.93. The van der Waals surface area contributed by atoms with Crippen LogP contribution in [0.3, 0.4) is 0 Å². The summed E-state index contributed by atoms with van der Waals surface area (Å²) in [6.07, 6.45) is 2.98. The molecular formula is C12H21N3O4. The van der Waals surface area contributed by atoms with E-state index < -0.39 is 18.0 Å². The molecule has 108 valence electrons. The fourth-order valence-electron chi connectivity index (χ4n) is 2.02. The molecule has 0 bridgehead atoms. The van der Waals surface area contributed by atoms with E-state index >= 15 is 0 Å². The van der Waals surface area contributed by atoms with Crippen molar-refractivity contribution in [2.45, 2.75) is 31.7 Å². The Bertz CT molecular complexity index is 357. The topological polar surface area (TPSA) is 90.0 Å². The number of carboxylic acids is 1. The van der Waals surface area contributed by atoms with Crippen molar-refractivity contribution in [1.82, 2.24) is 15.1 Å². The predicted molar refractivity (Wildman–Crippen MR) is 68.7 cm³/mol. The minimum Gasteiger partial charge on any atom is -0.480 e. The Morgan fingerprint density at radius 1 is 1.26 bits per heavy atom. The van der Waals surface area contributed by atoms with Crippen LogP contribution in [0.2, 0.25) is 0 Å². The zero-order valence-corrected chi connectivity index (χ0v) is 11.4. The van der Waals surface area contributed by atoms with Crippen LogP contribution >= 0.6 is 0 Å². The van der Waals surface area contributed by atoms with E-state index in [1.165, 1.54) is 9.80 Å². The normalized spacial score (nSPS) is 19.5. The molecule has 1 atom stereocenters. The number of likely N-dealkylation sites (tertiary alicyclic amines) is 1. The molecule has 1 fully saturated rings. The second kappa shape index (κ2) is 6.96. The predicted octanol–water partition coefficient (Wildman–Crippen LogP) is 0.113. The summed E-state index contributed by atoms with van der Waals surface area (Å²) in [7, 11) is 3.20. The quantitative estimate of drug-likeness (QED) is 0.762. The third-order valence-corrected chi connectivity index (χ3v) is 3.19. The molecule has 7 heteroatoms. The number of carboxylic acid groups (broad SMARTS) is 1. The minimum absolute atomic E-state index is 0.116. The zero-order valence-electron chi connectivity index (χ0n) is 11.4. The first-order valence-electron chi connectivity index (χ1n) is 6.41. The van der Waals surface area contributed by atoms with E-state index in [4.69, 9.17) is 5.11 Å². The van der Waals surface area contributed by atoms with Crippen LogP contribution < -0.4 is 5.32 Å². The lowest BCUT2D eigenvalue weighted by Gasteiger charge is -2.27. The molecule has 0 aromatic rings. The molecule has 0 saturated carbocycles. The standard InChI is InChI=1S/C12H21N3O4/c1-14(2)10(16)8-13-12(19)15-7-5-3-4-6-9(15)11(17)18/h9H,3-8H2,1-2H3,(H,13,19)(H,17,18). The number of hydrogen-bond acceptors (Lipinski definition) is 3. The number of carbonyl (C=O) groups excluding carboxylic acids is 2. The van der Waals surface area contributed by atoms with Gasteiger partial charge in [0.15, 0.2) is 0 Å². The van der Waals surface area contributed by atoms with Gasteiger partial charge in [0.1, 0.15) is 6.04 Å². The van der Waals surface area contributed by atoms with Gasteiger partial charge in [-0.05, 0) is 12.8 Å². The van der Waals surface area contributed by atoms with Crippen LogP contribution in [-0.2, 0) is 9.59 Å². The van der Waals surface area contributed by atoms with Gasteiger partial charge in [0.05, 0.1) is 6.54 Å². The lowest BCUT2D eigenvalue weighted by atomic mass is 10.1. The summed E-state index contributed by atoms with van der Waals surface area (Å²) in [6, 6.07) is -1.28. The molecule has 0 aromatic carbocycles. The smallest absolute Gasteiger partial charge is 0.326 e. The summed E-state index contributed by atoms with van der Waals surface area (Å²) in [4.78, 5) is 37.2. The highest BCUT2D eigenvalue weighted by Gasteiger charge is 2.30. The van der Waals surface area contributed by atoms with Crippen molar-refractivity contribution in [3.8, 4) is 0 Å². The van der Waals surface area contributed by atoms with E-state index in [1.807, 2.05) is 0 Å². The van der Waals surface area contributed by atoms with Crippen LogP contribution in [0, 0.1) is 0 Å². The molecule has 2 N–H and O–H groups in total. The van der Waals surface area contributed by atoms with Gasteiger partial charge >= 0.3 is 12.0 Å². The van der Waals surface area contributed by atoms with Gasteiger partial charge in [0.2, 0.25) is 5.91 Å². The highest BCUT2D eigenvalue weighted by atomic mass is 16.4. The van der Waals surface area contributed by atoms with Crippen LogP contribution in [0.5, 0.6) is 0 Å². The second-order valence-electron chi connectivity index (χ2n) is 4.84. The van der Waals surface area contributed by atoms with Gasteiger partial charge in [-0.3, -0.25) is 4.79 Å². The first-order valence-corrected chi connectivity index (χ1v) is 6.41. The molecule has 0 aromatic heterocycles. The summed E-state index contributed by atoms with van der Waals surface area (Å²) in [5, 5.41) is 11.6. The summed E-state index contributed by atoms with van der Waals surface area (Å²) >= 11 is 0. The van der Waals surface area contributed by atoms with Crippen LogP contribution in [0.15, 0.2) is 0 Å². The Morgan fingerprint density at radius 2 is 1.95 bits per heavy atom. The van der Waals surface area contributed by atoms with Gasteiger partial charge in [-0.25, -0.2) is 9.59 Å². The van der Waals surface area contributed by atoms with Crippen molar-refractivity contribution in [3.63, 3.8) is 0 Å². The van der Waals surface area contributed by atoms with Crippen molar-refractivity contribution in [2.24, 2.45) is 0 Å². The minimum atomic E-state index is -0.990. The fourth-order valence-corrected chi connectivity index (χ4v) is 2.02. The molecule has 19 heavy (non-hydrogen) atoms. The molecule has 1 unspecified atom stereocenters. The first kappa shape index (κ1) is 15.3. The number of nitrogens with one attached hydrogen (secondary N) is 1. The van der Waals surface area contributed by atoms with Crippen molar-refractivity contribution in [2.75, 3.05) is 27.2 Å². The number of nitrogens with zero attached hydrogens (tertiary/aromatic N) is 2. The highest BCUT2D eigenvalue weighted by Crippen LogP contribution is 2.17. The summed E-state index contributed by atoms with van der Waals surface area (Å²) in [5.41, 5.74) is 0.